The number of hydrogen-bond donors (Lipinski definition) is 3. The smallest absolute Gasteiger partial charge is 0.244 e. The van der Waals surface area contributed by atoms with Crippen LogP contribution in [-0.4, -0.2) is 69.0 Å². The van der Waals surface area contributed by atoms with Gasteiger partial charge in [0.2, 0.25) is 17.7 Å². The van der Waals surface area contributed by atoms with E-state index in [9.17, 15) is 19.5 Å². The van der Waals surface area contributed by atoms with Crippen molar-refractivity contribution in [3.05, 3.63) is 0 Å². The number of hydrogen-bond acceptors (Lipinski definition) is 5. The van der Waals surface area contributed by atoms with E-state index in [4.69, 9.17) is 0 Å². The molecule has 8 heteroatoms. The molecule has 3 N–H and O–H groups in total. The van der Waals surface area contributed by atoms with Crippen molar-refractivity contribution in [1.82, 2.24) is 15.5 Å². The lowest BCUT2D eigenvalue weighted by molar-refractivity contribution is -0.143. The fourth-order valence-corrected chi connectivity index (χ4v) is 8.26. The average Bonchev–Trinajstić information content (AvgIpc) is 3.32. The van der Waals surface area contributed by atoms with Crippen molar-refractivity contribution in [3.63, 3.8) is 0 Å². The van der Waals surface area contributed by atoms with Gasteiger partial charge in [-0.25, -0.2) is 0 Å². The summed E-state index contributed by atoms with van der Waals surface area (Å²) in [4.78, 5) is 42.1. The van der Waals surface area contributed by atoms with Crippen molar-refractivity contribution >= 4 is 29.5 Å². The molecule has 3 aliphatic rings. The first-order valence-electron chi connectivity index (χ1n) is 12.0. The molecular weight excluding hydrogens is 414 g/mol. The number of rotatable bonds is 11. The Balaban J connectivity index is 1.96. The summed E-state index contributed by atoms with van der Waals surface area (Å²) >= 11 is 1.68. The summed E-state index contributed by atoms with van der Waals surface area (Å²) in [6.07, 6.45) is 5.98. The number of unbranched alkanes of at least 4 members (excludes halogenated alkanes) is 2. The van der Waals surface area contributed by atoms with E-state index >= 15 is 0 Å². The first kappa shape index (κ1) is 24.4. The van der Waals surface area contributed by atoms with Gasteiger partial charge in [0.25, 0.3) is 0 Å². The van der Waals surface area contributed by atoms with Crippen LogP contribution in [0.2, 0.25) is 0 Å². The maximum atomic E-state index is 13.8. The molecule has 1 spiro atoms. The van der Waals surface area contributed by atoms with Gasteiger partial charge in [-0.2, -0.15) is 0 Å². The van der Waals surface area contributed by atoms with E-state index < -0.39 is 28.7 Å². The zero-order valence-corrected chi connectivity index (χ0v) is 20.2. The zero-order valence-electron chi connectivity index (χ0n) is 19.4. The molecular formula is C23H39N3O4S. The molecule has 0 radical (unpaired) electrons. The predicted molar refractivity (Wildman–Crippen MR) is 123 cm³/mol. The van der Waals surface area contributed by atoms with Gasteiger partial charge in [0.05, 0.1) is 29.2 Å². The van der Waals surface area contributed by atoms with Gasteiger partial charge in [0, 0.05) is 17.8 Å². The highest BCUT2D eigenvalue weighted by Crippen LogP contribution is 2.71. The van der Waals surface area contributed by atoms with E-state index in [2.05, 4.69) is 24.5 Å². The number of fused-ring (bicyclic) bond motifs is 1. The van der Waals surface area contributed by atoms with Gasteiger partial charge in [-0.15, -0.1) is 11.8 Å². The number of nitrogens with one attached hydrogen (secondary N) is 2. The molecule has 0 aromatic heterocycles. The zero-order chi connectivity index (χ0) is 22.8. The molecule has 7 nitrogen and oxygen atoms in total. The molecule has 0 aromatic rings. The van der Waals surface area contributed by atoms with E-state index in [1.54, 1.807) is 16.7 Å². The number of aliphatic hydroxyl groups is 1. The molecule has 3 heterocycles. The van der Waals surface area contributed by atoms with E-state index in [1.807, 2.05) is 13.8 Å². The molecule has 3 fully saturated rings. The number of amides is 3. The highest BCUT2D eigenvalue weighted by atomic mass is 32.2. The quantitative estimate of drug-likeness (QED) is 0.416. The van der Waals surface area contributed by atoms with E-state index in [0.29, 0.717) is 19.5 Å². The second-order valence-electron chi connectivity index (χ2n) is 9.51. The lowest BCUT2D eigenvalue weighted by Crippen LogP contribution is -2.56. The topological polar surface area (TPSA) is 98.7 Å². The van der Waals surface area contributed by atoms with Crippen LogP contribution in [0.15, 0.2) is 0 Å². The summed E-state index contributed by atoms with van der Waals surface area (Å²) in [6.45, 7) is 9.12. The minimum absolute atomic E-state index is 0.0715. The van der Waals surface area contributed by atoms with E-state index in [-0.39, 0.29) is 29.1 Å². The van der Waals surface area contributed by atoms with Crippen molar-refractivity contribution in [1.29, 1.82) is 0 Å². The molecule has 0 saturated carbocycles. The maximum Gasteiger partial charge on any atom is 0.244 e. The standard InChI is InChI=1S/C23H39N3O4S/c1-5-8-9-13-25-20(29)18-23-11-10-22(4,31-23)16(19(28)24-12-6-2)17(23)21(30)26(18)15(7-3)14-27/h15-18,27H,5-14H2,1-4H3,(H,24,28)(H,25,29)/t15-,16-,17-,18?,22+,23?/m0/s1. The first-order chi connectivity index (χ1) is 14.8. The summed E-state index contributed by atoms with van der Waals surface area (Å²) in [7, 11) is 0. The molecule has 176 valence electrons. The largest absolute Gasteiger partial charge is 0.394 e. The van der Waals surface area contributed by atoms with Crippen LogP contribution in [0, 0.1) is 11.8 Å². The fourth-order valence-electron chi connectivity index (χ4n) is 5.91. The predicted octanol–water partition coefficient (Wildman–Crippen LogP) is 2.07. The summed E-state index contributed by atoms with van der Waals surface area (Å²) in [6, 6.07) is -1.05. The normalized spacial score (nSPS) is 34.7. The average molecular weight is 454 g/mol. The summed E-state index contributed by atoms with van der Waals surface area (Å²) in [5.41, 5.74) is 0. The minimum Gasteiger partial charge on any atom is -0.394 e. The number of thioether (sulfide) groups is 1. The van der Waals surface area contributed by atoms with Crippen molar-refractivity contribution < 1.29 is 19.5 Å². The Bertz CT molecular complexity index is 700. The van der Waals surface area contributed by atoms with Gasteiger partial charge >= 0.3 is 0 Å². The number of nitrogens with zero attached hydrogens (tertiary/aromatic N) is 1. The Morgan fingerprint density at radius 1 is 1.13 bits per heavy atom. The van der Waals surface area contributed by atoms with Crippen LogP contribution in [0.1, 0.15) is 72.6 Å². The van der Waals surface area contributed by atoms with Crippen molar-refractivity contribution in [2.24, 2.45) is 11.8 Å². The third-order valence-electron chi connectivity index (χ3n) is 7.45. The Morgan fingerprint density at radius 2 is 1.84 bits per heavy atom. The molecule has 3 aliphatic heterocycles. The summed E-state index contributed by atoms with van der Waals surface area (Å²) in [5.74, 6) is -1.30. The highest BCUT2D eigenvalue weighted by Gasteiger charge is 2.77. The van der Waals surface area contributed by atoms with Crippen molar-refractivity contribution in [2.45, 2.75) is 94.2 Å². The SMILES string of the molecule is CCCCCNC(=O)C1N([C@@H](CC)CO)C(=O)[C@@H]2[C@@H](C(=O)NCCC)[C@@]3(C)CCC12S3. The molecule has 31 heavy (non-hydrogen) atoms. The monoisotopic (exact) mass is 453 g/mol. The fraction of sp³-hybridized carbons (Fsp3) is 0.870. The molecule has 3 saturated heterocycles. The summed E-state index contributed by atoms with van der Waals surface area (Å²) in [5, 5.41) is 16.1. The van der Waals surface area contributed by atoms with Crippen molar-refractivity contribution in [2.75, 3.05) is 19.7 Å². The number of carbonyl (C=O) groups is 3. The van der Waals surface area contributed by atoms with Crippen molar-refractivity contribution in [3.8, 4) is 0 Å². The van der Waals surface area contributed by atoms with Gasteiger partial charge in [-0.1, -0.05) is 33.6 Å². The van der Waals surface area contributed by atoms with Gasteiger partial charge < -0.3 is 20.6 Å². The third kappa shape index (κ3) is 3.99. The van der Waals surface area contributed by atoms with Crippen LogP contribution in [-0.2, 0) is 14.4 Å². The lowest BCUT2D eigenvalue weighted by Gasteiger charge is -2.36. The van der Waals surface area contributed by atoms with E-state index in [0.717, 1.165) is 38.5 Å². The second kappa shape index (κ2) is 9.69. The first-order valence-corrected chi connectivity index (χ1v) is 12.8. The Morgan fingerprint density at radius 3 is 2.45 bits per heavy atom. The van der Waals surface area contributed by atoms with Crippen LogP contribution in [0.25, 0.3) is 0 Å². The van der Waals surface area contributed by atoms with Crippen LogP contribution in [0.5, 0.6) is 0 Å². The molecule has 3 rings (SSSR count). The second-order valence-corrected chi connectivity index (χ2v) is 11.4. The van der Waals surface area contributed by atoms with Gasteiger partial charge in [-0.05, 0) is 39.0 Å². The van der Waals surface area contributed by atoms with Gasteiger partial charge in [-0.3, -0.25) is 14.4 Å². The lowest BCUT2D eigenvalue weighted by atomic mass is 9.66. The number of likely N-dealkylation sites (tertiary alicyclic amines) is 1. The Labute approximate surface area is 190 Å². The Kier molecular flexibility index (Phi) is 7.62. The van der Waals surface area contributed by atoms with Gasteiger partial charge in [0.1, 0.15) is 6.04 Å². The Hall–Kier alpha value is -1.28. The van der Waals surface area contributed by atoms with Gasteiger partial charge in [0.15, 0.2) is 0 Å². The minimum atomic E-state index is -0.639. The highest BCUT2D eigenvalue weighted by molar-refractivity contribution is 8.02. The third-order valence-corrected chi connectivity index (χ3v) is 9.44. The number of aliphatic hydroxyl groups excluding tert-OH is 1. The number of carbonyl (C=O) groups excluding carboxylic acids is 3. The van der Waals surface area contributed by atoms with E-state index in [1.165, 1.54) is 0 Å². The molecule has 2 bridgehead atoms. The molecule has 0 aromatic carbocycles. The van der Waals surface area contributed by atoms with Crippen LogP contribution in [0.4, 0.5) is 0 Å². The molecule has 2 unspecified atom stereocenters. The summed E-state index contributed by atoms with van der Waals surface area (Å²) < 4.78 is -0.941. The van der Waals surface area contributed by atoms with Crippen LogP contribution in [0.3, 0.4) is 0 Å². The molecule has 6 atom stereocenters. The van der Waals surface area contributed by atoms with Crippen LogP contribution < -0.4 is 10.6 Å². The molecule has 3 amide bonds. The maximum absolute atomic E-state index is 13.8. The van der Waals surface area contributed by atoms with Crippen LogP contribution >= 0.6 is 11.8 Å². The molecule has 0 aliphatic carbocycles.